The Kier molecular flexibility index (Phi) is 5.39. The number of nitrogens with one attached hydrogen (secondary N) is 2. The Bertz CT molecular complexity index is 909. The molecular weight excluding hydrogens is 359 g/mol. The fourth-order valence-electron chi connectivity index (χ4n) is 2.37. The minimum atomic E-state index is -4.46. The predicted molar refractivity (Wildman–Crippen MR) is 93.9 cm³/mol. The molecule has 2 amide bonds. The van der Waals surface area contributed by atoms with E-state index in [1.54, 1.807) is 17.1 Å². The first-order chi connectivity index (χ1) is 12.9. The van der Waals surface area contributed by atoms with Crippen LogP contribution in [0.15, 0.2) is 60.9 Å². The molecule has 0 fully saturated rings. The number of carbonyl (C=O) groups excluding carboxylic acids is 1. The SMILES string of the molecule is O=C(NCCn1ccc(-c2ccccn2)n1)Nc1cccc(C(F)(F)F)c1. The van der Waals surface area contributed by atoms with Crippen molar-refractivity contribution in [3.63, 3.8) is 0 Å². The number of anilines is 1. The quantitative estimate of drug-likeness (QED) is 0.713. The molecule has 0 aliphatic heterocycles. The average molecular weight is 375 g/mol. The fourth-order valence-corrected chi connectivity index (χ4v) is 2.37. The summed E-state index contributed by atoms with van der Waals surface area (Å²) in [6.07, 6.45) is -1.02. The second-order valence-electron chi connectivity index (χ2n) is 5.64. The fraction of sp³-hybridized carbons (Fsp3) is 0.167. The predicted octanol–water partition coefficient (Wildman–Crippen LogP) is 3.79. The topological polar surface area (TPSA) is 71.8 Å². The van der Waals surface area contributed by atoms with E-state index in [9.17, 15) is 18.0 Å². The van der Waals surface area contributed by atoms with E-state index < -0.39 is 17.8 Å². The summed E-state index contributed by atoms with van der Waals surface area (Å²) in [6, 6.07) is 11.2. The van der Waals surface area contributed by atoms with Crippen LogP contribution in [0.4, 0.5) is 23.7 Å². The summed E-state index contributed by atoms with van der Waals surface area (Å²) in [7, 11) is 0. The normalized spacial score (nSPS) is 11.2. The molecule has 3 rings (SSSR count). The Morgan fingerprint density at radius 2 is 1.93 bits per heavy atom. The summed E-state index contributed by atoms with van der Waals surface area (Å²) >= 11 is 0. The lowest BCUT2D eigenvalue weighted by atomic mass is 10.2. The number of pyridine rings is 1. The van der Waals surface area contributed by atoms with Crippen molar-refractivity contribution in [3.05, 3.63) is 66.5 Å². The molecule has 2 heterocycles. The lowest BCUT2D eigenvalue weighted by Gasteiger charge is -2.10. The molecule has 0 aliphatic rings. The Balaban J connectivity index is 1.50. The van der Waals surface area contributed by atoms with E-state index in [-0.39, 0.29) is 12.2 Å². The van der Waals surface area contributed by atoms with E-state index in [4.69, 9.17) is 0 Å². The van der Waals surface area contributed by atoms with Gasteiger partial charge in [0, 0.05) is 24.6 Å². The number of halogens is 3. The highest BCUT2D eigenvalue weighted by Crippen LogP contribution is 2.30. The van der Waals surface area contributed by atoms with Crippen molar-refractivity contribution >= 4 is 11.7 Å². The van der Waals surface area contributed by atoms with Crippen molar-refractivity contribution in [3.8, 4) is 11.4 Å². The van der Waals surface area contributed by atoms with Gasteiger partial charge < -0.3 is 10.6 Å². The number of hydrogen-bond acceptors (Lipinski definition) is 3. The van der Waals surface area contributed by atoms with Crippen LogP contribution >= 0.6 is 0 Å². The van der Waals surface area contributed by atoms with Crippen molar-refractivity contribution in [2.75, 3.05) is 11.9 Å². The lowest BCUT2D eigenvalue weighted by Crippen LogP contribution is -2.31. The summed E-state index contributed by atoms with van der Waals surface area (Å²) in [4.78, 5) is 16.1. The molecule has 1 aromatic carbocycles. The molecule has 0 unspecified atom stereocenters. The molecule has 9 heteroatoms. The molecule has 0 bridgehead atoms. The molecule has 0 aliphatic carbocycles. The summed E-state index contributed by atoms with van der Waals surface area (Å²) in [6.45, 7) is 0.664. The number of rotatable bonds is 5. The van der Waals surface area contributed by atoms with Crippen LogP contribution in [0.3, 0.4) is 0 Å². The summed E-state index contributed by atoms with van der Waals surface area (Å²) in [5, 5.41) is 9.32. The molecule has 0 spiro atoms. The first kappa shape index (κ1) is 18.4. The molecule has 6 nitrogen and oxygen atoms in total. The van der Waals surface area contributed by atoms with E-state index in [1.807, 2.05) is 24.3 Å². The molecule has 0 saturated carbocycles. The van der Waals surface area contributed by atoms with Crippen molar-refractivity contribution in [1.82, 2.24) is 20.1 Å². The van der Waals surface area contributed by atoms with Gasteiger partial charge in [-0.05, 0) is 36.4 Å². The monoisotopic (exact) mass is 375 g/mol. The lowest BCUT2D eigenvalue weighted by molar-refractivity contribution is -0.137. The second-order valence-corrected chi connectivity index (χ2v) is 5.64. The van der Waals surface area contributed by atoms with Gasteiger partial charge in [0.1, 0.15) is 5.69 Å². The van der Waals surface area contributed by atoms with E-state index in [0.29, 0.717) is 12.2 Å². The average Bonchev–Trinajstić information content (AvgIpc) is 3.11. The Labute approximate surface area is 153 Å². The zero-order valence-electron chi connectivity index (χ0n) is 14.1. The second kappa shape index (κ2) is 7.90. The highest BCUT2D eigenvalue weighted by Gasteiger charge is 2.30. The molecule has 0 radical (unpaired) electrons. The minimum absolute atomic E-state index is 0.0684. The molecule has 2 N–H and O–H groups in total. The third-order valence-corrected chi connectivity index (χ3v) is 3.64. The number of hydrogen-bond donors (Lipinski definition) is 2. The maximum absolute atomic E-state index is 12.7. The van der Waals surface area contributed by atoms with Gasteiger partial charge in [0.05, 0.1) is 17.8 Å². The third kappa shape index (κ3) is 5.06. The van der Waals surface area contributed by atoms with Crippen molar-refractivity contribution in [1.29, 1.82) is 0 Å². The van der Waals surface area contributed by atoms with Crippen LogP contribution in [-0.4, -0.2) is 27.3 Å². The van der Waals surface area contributed by atoms with E-state index in [0.717, 1.165) is 17.8 Å². The van der Waals surface area contributed by atoms with Crippen LogP contribution < -0.4 is 10.6 Å². The number of nitrogens with zero attached hydrogens (tertiary/aromatic N) is 3. The number of carbonyl (C=O) groups is 1. The van der Waals surface area contributed by atoms with Crippen LogP contribution in [0, 0.1) is 0 Å². The highest BCUT2D eigenvalue weighted by atomic mass is 19.4. The maximum Gasteiger partial charge on any atom is 0.416 e. The molecule has 27 heavy (non-hydrogen) atoms. The summed E-state index contributed by atoms with van der Waals surface area (Å²) in [5.74, 6) is 0. The summed E-state index contributed by atoms with van der Waals surface area (Å²) < 4.78 is 39.7. The van der Waals surface area contributed by atoms with Crippen LogP contribution in [0.2, 0.25) is 0 Å². The van der Waals surface area contributed by atoms with Crippen LogP contribution in [0.5, 0.6) is 0 Å². The summed E-state index contributed by atoms with van der Waals surface area (Å²) in [5.41, 5.74) is 0.702. The van der Waals surface area contributed by atoms with Gasteiger partial charge in [0.25, 0.3) is 0 Å². The first-order valence-corrected chi connectivity index (χ1v) is 8.09. The van der Waals surface area contributed by atoms with Crippen LogP contribution in [0.25, 0.3) is 11.4 Å². The zero-order chi connectivity index (χ0) is 19.3. The Morgan fingerprint density at radius 1 is 1.07 bits per heavy atom. The largest absolute Gasteiger partial charge is 0.416 e. The number of amides is 2. The van der Waals surface area contributed by atoms with Gasteiger partial charge in [0.2, 0.25) is 0 Å². The smallest absolute Gasteiger partial charge is 0.336 e. The molecule has 0 saturated heterocycles. The molecule has 140 valence electrons. The molecule has 2 aromatic heterocycles. The molecule has 0 atom stereocenters. The standard InChI is InChI=1S/C18H16F3N5O/c19-18(20,21)13-4-3-5-14(12-13)24-17(27)23-9-11-26-10-7-16(25-26)15-6-1-2-8-22-15/h1-8,10,12H,9,11H2,(H2,23,24,27). The zero-order valence-corrected chi connectivity index (χ0v) is 14.1. The molecule has 3 aromatic rings. The third-order valence-electron chi connectivity index (χ3n) is 3.64. The van der Waals surface area contributed by atoms with Gasteiger partial charge in [-0.2, -0.15) is 18.3 Å². The highest BCUT2D eigenvalue weighted by molar-refractivity contribution is 5.89. The van der Waals surface area contributed by atoms with Crippen molar-refractivity contribution in [2.45, 2.75) is 12.7 Å². The van der Waals surface area contributed by atoms with Gasteiger partial charge in [-0.25, -0.2) is 4.79 Å². The van der Waals surface area contributed by atoms with Gasteiger partial charge in [0.15, 0.2) is 0 Å². The number of benzene rings is 1. The first-order valence-electron chi connectivity index (χ1n) is 8.09. The van der Waals surface area contributed by atoms with Crippen molar-refractivity contribution < 1.29 is 18.0 Å². The van der Waals surface area contributed by atoms with Gasteiger partial charge in [-0.15, -0.1) is 0 Å². The van der Waals surface area contributed by atoms with Gasteiger partial charge >= 0.3 is 12.2 Å². The molecular formula is C18H16F3N5O. The van der Waals surface area contributed by atoms with Crippen molar-refractivity contribution in [2.24, 2.45) is 0 Å². The van der Waals surface area contributed by atoms with E-state index in [1.165, 1.54) is 12.1 Å². The van der Waals surface area contributed by atoms with Crippen LogP contribution in [0.1, 0.15) is 5.56 Å². The van der Waals surface area contributed by atoms with E-state index >= 15 is 0 Å². The van der Waals surface area contributed by atoms with Gasteiger partial charge in [-0.1, -0.05) is 12.1 Å². The number of aromatic nitrogens is 3. The Morgan fingerprint density at radius 3 is 2.67 bits per heavy atom. The van der Waals surface area contributed by atoms with Crippen LogP contribution in [-0.2, 0) is 12.7 Å². The maximum atomic E-state index is 12.7. The minimum Gasteiger partial charge on any atom is -0.336 e. The number of alkyl halides is 3. The number of urea groups is 1. The Hall–Kier alpha value is -3.36. The van der Waals surface area contributed by atoms with E-state index in [2.05, 4.69) is 20.7 Å². The van der Waals surface area contributed by atoms with Gasteiger partial charge in [-0.3, -0.25) is 9.67 Å².